The van der Waals surface area contributed by atoms with Crippen molar-refractivity contribution in [3.63, 3.8) is 0 Å². The van der Waals surface area contributed by atoms with Crippen LogP contribution in [0.1, 0.15) is 18.3 Å². The lowest BCUT2D eigenvalue weighted by Gasteiger charge is -2.21. The van der Waals surface area contributed by atoms with E-state index < -0.39 is 22.7 Å². The number of sulfonamides is 1. The Hall–Kier alpha value is -1.09. The third-order valence-electron chi connectivity index (χ3n) is 2.37. The van der Waals surface area contributed by atoms with Crippen LogP contribution >= 0.6 is 0 Å². The molecule has 0 fully saturated rings. The molecule has 1 aromatic rings. The van der Waals surface area contributed by atoms with E-state index >= 15 is 0 Å². The number of aromatic amines is 1. The number of aromatic nitrogens is 2. The average Bonchev–Trinajstić information content (AvgIpc) is 2.53. The van der Waals surface area contributed by atoms with E-state index in [1.807, 2.05) is 0 Å². The zero-order valence-corrected chi connectivity index (χ0v) is 11.0. The molecule has 0 unspecified atom stereocenters. The van der Waals surface area contributed by atoms with E-state index in [4.69, 9.17) is 0 Å². The summed E-state index contributed by atoms with van der Waals surface area (Å²) >= 11 is 0. The molecule has 104 valence electrons. The van der Waals surface area contributed by atoms with Crippen molar-refractivity contribution in [1.29, 1.82) is 0 Å². The minimum atomic E-state index is -4.57. The molecule has 0 aromatic carbocycles. The highest BCUT2D eigenvalue weighted by Crippen LogP contribution is 2.25. The lowest BCUT2D eigenvalue weighted by molar-refractivity contribution is -0.135. The molecule has 18 heavy (non-hydrogen) atoms. The second-order valence-corrected chi connectivity index (χ2v) is 5.68. The maximum Gasteiger partial charge on any atom is 0.402 e. The first-order valence-electron chi connectivity index (χ1n) is 5.18. The van der Waals surface area contributed by atoms with Gasteiger partial charge in [0.05, 0.1) is 11.4 Å². The lowest BCUT2D eigenvalue weighted by Crippen LogP contribution is -2.39. The summed E-state index contributed by atoms with van der Waals surface area (Å²) in [4.78, 5) is -0.186. The molecule has 0 aliphatic carbocycles. The zero-order chi connectivity index (χ0) is 14.1. The van der Waals surface area contributed by atoms with Gasteiger partial charge in [0.1, 0.15) is 11.4 Å². The molecule has 1 aromatic heterocycles. The smallest absolute Gasteiger partial charge is 0.281 e. The molecule has 9 heteroatoms. The van der Waals surface area contributed by atoms with E-state index in [-0.39, 0.29) is 22.8 Å². The van der Waals surface area contributed by atoms with Crippen molar-refractivity contribution >= 4 is 10.0 Å². The van der Waals surface area contributed by atoms with E-state index in [0.717, 1.165) is 0 Å². The topological polar surface area (TPSA) is 66.1 Å². The van der Waals surface area contributed by atoms with E-state index in [9.17, 15) is 21.6 Å². The molecule has 0 spiro atoms. The van der Waals surface area contributed by atoms with Crippen LogP contribution in [0, 0.1) is 13.8 Å². The van der Waals surface area contributed by atoms with Crippen molar-refractivity contribution in [1.82, 2.24) is 14.5 Å². The van der Waals surface area contributed by atoms with Crippen molar-refractivity contribution in [2.75, 3.05) is 13.1 Å². The first kappa shape index (κ1) is 15.0. The van der Waals surface area contributed by atoms with Gasteiger partial charge in [0.2, 0.25) is 10.0 Å². The molecule has 0 aliphatic heterocycles. The monoisotopic (exact) mass is 285 g/mol. The van der Waals surface area contributed by atoms with Gasteiger partial charge in [0.15, 0.2) is 0 Å². The van der Waals surface area contributed by atoms with Crippen LogP contribution in [-0.2, 0) is 10.0 Å². The number of halogens is 3. The third-order valence-corrected chi connectivity index (χ3v) is 4.55. The standard InChI is InChI=1S/C9H14F3N3O2S/c1-4-15(5-9(10,11)12)18(16,17)8-6(2)13-14-7(8)3/h4-5H2,1-3H3,(H,13,14). The number of nitrogens with one attached hydrogen (secondary N) is 1. The average molecular weight is 285 g/mol. The molecule has 0 saturated heterocycles. The highest BCUT2D eigenvalue weighted by atomic mass is 32.2. The summed E-state index contributed by atoms with van der Waals surface area (Å²) in [6.07, 6.45) is -4.57. The highest BCUT2D eigenvalue weighted by molar-refractivity contribution is 7.89. The fourth-order valence-electron chi connectivity index (χ4n) is 1.62. The number of alkyl halides is 3. The molecule has 0 amide bonds. The number of nitrogens with zero attached hydrogens (tertiary/aromatic N) is 2. The summed E-state index contributed by atoms with van der Waals surface area (Å²) in [5, 5.41) is 6.13. The van der Waals surface area contributed by atoms with Gasteiger partial charge in [0, 0.05) is 6.54 Å². The Morgan fingerprint density at radius 2 is 1.89 bits per heavy atom. The molecular weight excluding hydrogens is 271 g/mol. The largest absolute Gasteiger partial charge is 0.402 e. The number of aryl methyl sites for hydroxylation is 2. The van der Waals surface area contributed by atoms with Crippen LogP contribution in [0.2, 0.25) is 0 Å². The van der Waals surface area contributed by atoms with E-state index in [1.54, 1.807) is 0 Å². The molecule has 5 nitrogen and oxygen atoms in total. The predicted molar refractivity (Wildman–Crippen MR) is 58.5 cm³/mol. The van der Waals surface area contributed by atoms with Crippen LogP contribution in [0.25, 0.3) is 0 Å². The second-order valence-electron chi connectivity index (χ2n) is 3.81. The van der Waals surface area contributed by atoms with Crippen LogP contribution in [-0.4, -0.2) is 42.2 Å². The van der Waals surface area contributed by atoms with Crippen molar-refractivity contribution in [3.05, 3.63) is 11.4 Å². The Bertz CT molecular complexity index is 502. The summed E-state index contributed by atoms with van der Waals surface area (Å²) in [7, 11) is -4.18. The Labute approximate surface area is 103 Å². The molecule has 1 heterocycles. The first-order chi connectivity index (χ1) is 8.09. The van der Waals surface area contributed by atoms with Gasteiger partial charge in [-0.05, 0) is 13.8 Å². The number of hydrogen-bond donors (Lipinski definition) is 1. The van der Waals surface area contributed by atoms with Crippen LogP contribution in [0.5, 0.6) is 0 Å². The summed E-state index contributed by atoms with van der Waals surface area (Å²) in [6, 6.07) is 0. The first-order valence-corrected chi connectivity index (χ1v) is 6.62. The van der Waals surface area contributed by atoms with Gasteiger partial charge in [-0.15, -0.1) is 0 Å². The van der Waals surface area contributed by atoms with Gasteiger partial charge in [-0.1, -0.05) is 6.92 Å². The SMILES string of the molecule is CCN(CC(F)(F)F)S(=O)(=O)c1c(C)n[nH]c1C. The summed E-state index contributed by atoms with van der Waals surface area (Å²) in [5.74, 6) is 0. The Kier molecular flexibility index (Phi) is 4.06. The van der Waals surface area contributed by atoms with E-state index in [2.05, 4.69) is 10.2 Å². The highest BCUT2D eigenvalue weighted by Gasteiger charge is 2.37. The van der Waals surface area contributed by atoms with Crippen LogP contribution in [0.3, 0.4) is 0 Å². The Morgan fingerprint density at radius 1 is 1.33 bits per heavy atom. The van der Waals surface area contributed by atoms with Gasteiger partial charge in [-0.3, -0.25) is 5.10 Å². The Morgan fingerprint density at radius 3 is 2.22 bits per heavy atom. The van der Waals surface area contributed by atoms with Crippen molar-refractivity contribution in [3.8, 4) is 0 Å². The van der Waals surface area contributed by atoms with Crippen molar-refractivity contribution in [2.24, 2.45) is 0 Å². The molecule has 0 saturated carbocycles. The molecular formula is C9H14F3N3O2S. The van der Waals surface area contributed by atoms with Crippen LogP contribution < -0.4 is 0 Å². The molecule has 0 aliphatic rings. The van der Waals surface area contributed by atoms with E-state index in [1.165, 1.54) is 20.8 Å². The summed E-state index contributed by atoms with van der Waals surface area (Å²) < 4.78 is 61.6. The lowest BCUT2D eigenvalue weighted by atomic mass is 10.4. The Balaban J connectivity index is 3.20. The van der Waals surface area contributed by atoms with Gasteiger partial charge in [-0.25, -0.2) is 8.42 Å². The maximum absolute atomic E-state index is 12.3. The normalized spacial score (nSPS) is 13.3. The summed E-state index contributed by atoms with van der Waals surface area (Å²) in [6.45, 7) is 2.47. The number of H-pyrrole nitrogens is 1. The van der Waals surface area contributed by atoms with Gasteiger partial charge >= 0.3 is 6.18 Å². The predicted octanol–water partition coefficient (Wildman–Crippen LogP) is 1.60. The second kappa shape index (κ2) is 4.88. The van der Waals surface area contributed by atoms with Gasteiger partial charge in [-0.2, -0.15) is 22.6 Å². The number of rotatable bonds is 4. The summed E-state index contributed by atoms with van der Waals surface area (Å²) in [5.41, 5.74) is 0.390. The van der Waals surface area contributed by atoms with Gasteiger partial charge < -0.3 is 0 Å². The molecule has 1 rings (SSSR count). The van der Waals surface area contributed by atoms with Crippen molar-refractivity contribution < 1.29 is 21.6 Å². The fourth-order valence-corrected chi connectivity index (χ4v) is 3.38. The maximum atomic E-state index is 12.3. The van der Waals surface area contributed by atoms with E-state index in [0.29, 0.717) is 4.31 Å². The molecule has 0 atom stereocenters. The van der Waals surface area contributed by atoms with Crippen LogP contribution in [0.15, 0.2) is 4.90 Å². The fraction of sp³-hybridized carbons (Fsp3) is 0.667. The minimum absolute atomic E-state index is 0.160. The quantitative estimate of drug-likeness (QED) is 0.913. The molecule has 1 N–H and O–H groups in total. The number of hydrogen-bond acceptors (Lipinski definition) is 3. The molecule has 0 bridgehead atoms. The third kappa shape index (κ3) is 3.02. The van der Waals surface area contributed by atoms with Crippen molar-refractivity contribution in [2.45, 2.75) is 31.8 Å². The minimum Gasteiger partial charge on any atom is -0.281 e. The van der Waals surface area contributed by atoms with Crippen LogP contribution in [0.4, 0.5) is 13.2 Å². The van der Waals surface area contributed by atoms with Gasteiger partial charge in [0.25, 0.3) is 0 Å². The molecule has 0 radical (unpaired) electrons. The zero-order valence-electron chi connectivity index (χ0n) is 10.2.